The van der Waals surface area contributed by atoms with Gasteiger partial charge in [0.1, 0.15) is 24.2 Å². The number of pyridine rings is 1. The van der Waals surface area contributed by atoms with Gasteiger partial charge >= 0.3 is 0 Å². The number of amides is 2. The second-order valence-electron chi connectivity index (χ2n) is 7.99. The summed E-state index contributed by atoms with van der Waals surface area (Å²) in [5, 5.41) is 19.6. The fraction of sp³-hybridized carbons (Fsp3) is 0.227. The van der Waals surface area contributed by atoms with Crippen LogP contribution in [0.15, 0.2) is 65.1 Å². The number of hydrogen-bond acceptors (Lipinski definition) is 11. The van der Waals surface area contributed by atoms with Crippen molar-refractivity contribution < 1.29 is 28.9 Å². The zero-order valence-corrected chi connectivity index (χ0v) is 20.9. The lowest BCUT2D eigenvalue weighted by Crippen LogP contribution is -2.71. The molecule has 5 rings (SSSR count). The Morgan fingerprint density at radius 1 is 1.38 bits per heavy atom. The van der Waals surface area contributed by atoms with Gasteiger partial charge in [0.2, 0.25) is 0 Å². The third-order valence-corrected chi connectivity index (χ3v) is 7.75. The number of β-lactam (4-membered cyclic amide) rings is 1. The number of nitrogens with zero attached hydrogens (tertiary/aromatic N) is 6. The number of rotatable bonds is 8. The van der Waals surface area contributed by atoms with E-state index in [2.05, 4.69) is 20.4 Å². The molecule has 3 aromatic heterocycles. The van der Waals surface area contributed by atoms with E-state index in [1.54, 1.807) is 17.9 Å². The predicted octanol–water partition coefficient (Wildman–Crippen LogP) is -1.35. The van der Waals surface area contributed by atoms with Gasteiger partial charge in [0.15, 0.2) is 29.8 Å². The summed E-state index contributed by atoms with van der Waals surface area (Å²) in [6.45, 7) is 0.254. The van der Waals surface area contributed by atoms with Gasteiger partial charge in [-0.1, -0.05) is 5.16 Å². The van der Waals surface area contributed by atoms with Crippen LogP contribution in [-0.2, 0) is 25.8 Å². The molecule has 0 bridgehead atoms. The summed E-state index contributed by atoms with van der Waals surface area (Å²) in [5.74, 6) is -2.36. The molecule has 3 N–H and O–H groups in total. The number of hydrogen-bond donors (Lipinski definition) is 2. The Morgan fingerprint density at radius 2 is 2.16 bits per heavy atom. The molecule has 2 amide bonds. The number of nitrogen functional groups attached to an aromatic ring is 1. The van der Waals surface area contributed by atoms with Gasteiger partial charge in [-0.05, 0) is 0 Å². The van der Waals surface area contributed by atoms with Crippen molar-refractivity contribution >= 4 is 51.7 Å². The Hall–Kier alpha value is -4.24. The van der Waals surface area contributed by atoms with Crippen LogP contribution in [0.25, 0.3) is 5.69 Å². The summed E-state index contributed by atoms with van der Waals surface area (Å²) < 4.78 is 3.66. The smallest absolute Gasteiger partial charge is 0.276 e. The number of carbonyl (C=O) groups excluding carboxylic acids is 3. The van der Waals surface area contributed by atoms with Crippen LogP contribution in [0.2, 0.25) is 0 Å². The lowest BCUT2D eigenvalue weighted by molar-refractivity contribution is -0.689. The standard InChI is InChI=1S/C22H20N8O5S2/c1-35-27-15(14-10-37-22(23)25-14)18(31)26-16-19(32)30-17(21(33)34)12(9-36-20(16)30)8-28-5-2-13(3-6-28)29-7-4-24-11-29/h2-7,10-11,16,20H,8-9H2,1H3,(H3-,23,25,26,31,33,34)/b27-15+/t16-,20-/m0/s1. The number of imidazole rings is 1. The van der Waals surface area contributed by atoms with Crippen molar-refractivity contribution in [2.24, 2.45) is 5.16 Å². The first kappa shape index (κ1) is 24.5. The molecule has 0 unspecified atom stereocenters. The molecule has 15 heteroatoms. The van der Waals surface area contributed by atoms with E-state index in [0.29, 0.717) is 11.3 Å². The van der Waals surface area contributed by atoms with Crippen molar-refractivity contribution in [3.63, 3.8) is 0 Å². The average Bonchev–Trinajstić information content (AvgIpc) is 3.58. The maximum atomic E-state index is 13.0. The monoisotopic (exact) mass is 540 g/mol. The number of thiazole rings is 1. The normalized spacial score (nSPS) is 19.3. The van der Waals surface area contributed by atoms with E-state index in [4.69, 9.17) is 10.6 Å². The van der Waals surface area contributed by atoms with Gasteiger partial charge in [0, 0.05) is 41.2 Å². The maximum absolute atomic E-state index is 13.0. The minimum atomic E-state index is -1.45. The molecular weight excluding hydrogens is 520 g/mol. The zero-order valence-electron chi connectivity index (χ0n) is 19.3. The first-order chi connectivity index (χ1) is 17.9. The second kappa shape index (κ2) is 10.0. The van der Waals surface area contributed by atoms with Crippen molar-refractivity contribution in [3.8, 4) is 5.69 Å². The molecule has 13 nitrogen and oxygen atoms in total. The quantitative estimate of drug-likeness (QED) is 0.152. The third-order valence-electron chi connectivity index (χ3n) is 5.74. The lowest BCUT2D eigenvalue weighted by Gasteiger charge is -2.50. The third kappa shape index (κ3) is 4.65. The minimum Gasteiger partial charge on any atom is -0.543 e. The molecule has 190 valence electrons. The van der Waals surface area contributed by atoms with Crippen molar-refractivity contribution in [1.29, 1.82) is 0 Å². The molecule has 37 heavy (non-hydrogen) atoms. The minimum absolute atomic E-state index is 0.144. The van der Waals surface area contributed by atoms with Gasteiger partial charge < -0.3 is 30.4 Å². The number of thioether (sulfide) groups is 1. The van der Waals surface area contributed by atoms with Gasteiger partial charge in [-0.2, -0.15) is 0 Å². The molecule has 0 aromatic carbocycles. The Bertz CT molecular complexity index is 1420. The van der Waals surface area contributed by atoms with Crippen molar-refractivity contribution in [3.05, 3.63) is 65.6 Å². The van der Waals surface area contributed by atoms with Crippen LogP contribution in [0, 0.1) is 0 Å². The fourth-order valence-corrected chi connectivity index (χ4v) is 5.94. The van der Waals surface area contributed by atoms with Crippen molar-refractivity contribution in [2.45, 2.75) is 18.0 Å². The fourth-order valence-electron chi connectivity index (χ4n) is 4.05. The van der Waals surface area contributed by atoms with E-state index in [9.17, 15) is 19.5 Å². The molecule has 1 fully saturated rings. The lowest BCUT2D eigenvalue weighted by atomic mass is 10.0. The SMILES string of the molecule is CO/N=C(/C(=O)N[C@H]1C(=O)N2C(C(=O)[O-])=C(C[n+]3ccc(-n4ccnc4)cc3)CS[C@@H]12)c1csc(N)n1. The second-order valence-corrected chi connectivity index (χ2v) is 9.99. The number of oxime groups is 1. The summed E-state index contributed by atoms with van der Waals surface area (Å²) in [5.41, 5.74) is 6.95. The number of carboxylic acid groups (broad SMARTS) is 1. The van der Waals surface area contributed by atoms with Gasteiger partial charge in [-0.25, -0.2) is 14.5 Å². The number of nitrogens with one attached hydrogen (secondary N) is 1. The van der Waals surface area contributed by atoms with Gasteiger partial charge in [-0.15, -0.1) is 23.1 Å². The molecule has 0 aliphatic carbocycles. The van der Waals surface area contributed by atoms with Crippen LogP contribution in [0.3, 0.4) is 0 Å². The van der Waals surface area contributed by atoms with Gasteiger partial charge in [-0.3, -0.25) is 14.5 Å². The van der Waals surface area contributed by atoms with E-state index < -0.39 is 29.2 Å². The Balaban J connectivity index is 1.32. The van der Waals surface area contributed by atoms with Crippen LogP contribution in [0.4, 0.5) is 5.13 Å². The van der Waals surface area contributed by atoms with Crippen LogP contribution in [-0.4, -0.2) is 67.2 Å². The van der Waals surface area contributed by atoms with Crippen molar-refractivity contribution in [2.75, 3.05) is 18.6 Å². The largest absolute Gasteiger partial charge is 0.543 e. The molecular formula is C22H20N8O5S2. The molecule has 2 aliphatic heterocycles. The van der Waals surface area contributed by atoms with E-state index in [1.165, 1.54) is 18.9 Å². The number of carboxylic acids is 1. The molecule has 2 atom stereocenters. The first-order valence-corrected chi connectivity index (χ1v) is 12.8. The summed E-state index contributed by atoms with van der Waals surface area (Å²) in [6, 6.07) is 2.79. The highest BCUT2D eigenvalue weighted by Crippen LogP contribution is 2.40. The summed E-state index contributed by atoms with van der Waals surface area (Å²) in [6.07, 6.45) is 8.79. The Kier molecular flexibility index (Phi) is 6.62. The van der Waals surface area contributed by atoms with Gasteiger partial charge in [0.05, 0.1) is 23.7 Å². The molecule has 2 aliphatic rings. The number of anilines is 1. The van der Waals surface area contributed by atoms with E-state index in [1.807, 2.05) is 39.9 Å². The summed E-state index contributed by atoms with van der Waals surface area (Å²) >= 11 is 2.48. The first-order valence-electron chi connectivity index (χ1n) is 10.9. The maximum Gasteiger partial charge on any atom is 0.276 e. The molecule has 1 saturated heterocycles. The highest BCUT2D eigenvalue weighted by molar-refractivity contribution is 8.00. The number of nitrogens with two attached hydrogens (primary N) is 1. The Morgan fingerprint density at radius 3 is 2.78 bits per heavy atom. The van der Waals surface area contributed by atoms with E-state index >= 15 is 0 Å². The average molecular weight is 541 g/mol. The molecule has 5 heterocycles. The predicted molar refractivity (Wildman–Crippen MR) is 131 cm³/mol. The summed E-state index contributed by atoms with van der Waals surface area (Å²) in [7, 11) is 1.28. The summed E-state index contributed by atoms with van der Waals surface area (Å²) in [4.78, 5) is 51.9. The van der Waals surface area contributed by atoms with Crippen molar-refractivity contribution in [1.82, 2.24) is 24.8 Å². The van der Waals surface area contributed by atoms with Crippen LogP contribution in [0.5, 0.6) is 0 Å². The number of carbonyl (C=O) groups is 3. The van der Waals surface area contributed by atoms with E-state index in [0.717, 1.165) is 21.9 Å². The van der Waals surface area contributed by atoms with Crippen LogP contribution >= 0.6 is 23.1 Å². The van der Waals surface area contributed by atoms with E-state index in [-0.39, 0.29) is 28.8 Å². The number of fused-ring (bicyclic) bond motifs is 1. The zero-order chi connectivity index (χ0) is 26.1. The van der Waals surface area contributed by atoms with Crippen LogP contribution in [0.1, 0.15) is 5.69 Å². The molecule has 3 aromatic rings. The van der Waals surface area contributed by atoms with Gasteiger partial charge in [0.25, 0.3) is 11.8 Å². The Labute approximate surface area is 218 Å². The number of aliphatic carboxylic acids is 1. The molecule has 0 saturated carbocycles. The van der Waals surface area contributed by atoms with Crippen LogP contribution < -0.4 is 20.7 Å². The number of aromatic nitrogens is 4. The molecule has 0 spiro atoms. The highest BCUT2D eigenvalue weighted by Gasteiger charge is 2.53. The topological polar surface area (TPSA) is 172 Å². The highest BCUT2D eigenvalue weighted by atomic mass is 32.2. The molecule has 0 radical (unpaired) electrons.